The Balaban J connectivity index is 2.86. The Morgan fingerprint density at radius 2 is 2.12 bits per heavy atom. The number of Topliss-reactive ketones (excluding diaryl/α,β-unsaturated/α-hetero) is 1. The number of hydrogen-bond acceptors (Lipinski definition) is 2. The van der Waals surface area contributed by atoms with Crippen molar-refractivity contribution in [2.75, 3.05) is 0 Å². The Hall–Kier alpha value is -0.725. The van der Waals surface area contributed by atoms with Gasteiger partial charge >= 0.3 is 0 Å². The zero-order chi connectivity index (χ0) is 6.15. The van der Waals surface area contributed by atoms with Crippen LogP contribution in [0.5, 0.6) is 0 Å². The molecule has 0 saturated carbocycles. The van der Waals surface area contributed by atoms with E-state index in [1.165, 1.54) is 0 Å². The predicted molar refractivity (Wildman–Crippen MR) is 29.6 cm³/mol. The van der Waals surface area contributed by atoms with E-state index in [4.69, 9.17) is 13.0 Å². The smallest absolute Gasteiger partial charge is 0.152 e. The lowest BCUT2D eigenvalue weighted by Gasteiger charge is -1.86. The summed E-state index contributed by atoms with van der Waals surface area (Å²) >= 11 is 0. The highest BCUT2D eigenvalue weighted by atomic mass is 16.3. The second kappa shape index (κ2) is 1.65. The SMILES string of the molecule is [B]C1=C(O)CCC1=O. The van der Waals surface area contributed by atoms with Crippen molar-refractivity contribution in [2.24, 2.45) is 0 Å². The van der Waals surface area contributed by atoms with Crippen LogP contribution >= 0.6 is 0 Å². The second-order valence-electron chi connectivity index (χ2n) is 1.78. The van der Waals surface area contributed by atoms with Crippen molar-refractivity contribution in [3.63, 3.8) is 0 Å². The van der Waals surface area contributed by atoms with Gasteiger partial charge in [-0.3, -0.25) is 4.79 Å². The van der Waals surface area contributed by atoms with E-state index in [0.717, 1.165) is 0 Å². The average Bonchev–Trinajstić information content (AvgIpc) is 1.98. The molecule has 0 unspecified atom stereocenters. The Labute approximate surface area is 48.6 Å². The summed E-state index contributed by atoms with van der Waals surface area (Å²) in [5.74, 6) is -0.0856. The van der Waals surface area contributed by atoms with Crippen molar-refractivity contribution in [3.8, 4) is 0 Å². The highest BCUT2D eigenvalue weighted by Gasteiger charge is 2.16. The number of rotatable bonds is 0. The maximum atomic E-state index is 10.4. The summed E-state index contributed by atoms with van der Waals surface area (Å²) in [6.07, 6.45) is 0.794. The van der Waals surface area contributed by atoms with E-state index in [-0.39, 0.29) is 17.0 Å². The second-order valence-corrected chi connectivity index (χ2v) is 1.78. The monoisotopic (exact) mass is 108 g/mol. The van der Waals surface area contributed by atoms with Gasteiger partial charge in [0.15, 0.2) is 5.78 Å². The fourth-order valence-corrected chi connectivity index (χ4v) is 0.662. The molecule has 0 spiro atoms. The standard InChI is InChI=1S/C5H5BO2/c6-5-3(7)1-2-4(5)8/h7H,1-2H2. The number of allylic oxidation sites excluding steroid dienone is 2. The van der Waals surface area contributed by atoms with Crippen molar-refractivity contribution < 1.29 is 9.90 Å². The van der Waals surface area contributed by atoms with Crippen LogP contribution < -0.4 is 0 Å². The molecule has 1 rings (SSSR count). The summed E-state index contributed by atoms with van der Waals surface area (Å²) in [7, 11) is 5.10. The van der Waals surface area contributed by atoms with Gasteiger partial charge in [-0.05, 0) is 5.47 Å². The minimum absolute atomic E-state index is 0.0463. The molecule has 0 aromatic rings. The molecule has 0 aromatic heterocycles. The Morgan fingerprint density at radius 1 is 1.50 bits per heavy atom. The minimum Gasteiger partial charge on any atom is -0.513 e. The molecule has 8 heavy (non-hydrogen) atoms. The van der Waals surface area contributed by atoms with Gasteiger partial charge < -0.3 is 5.11 Å². The molecule has 1 N–H and O–H groups in total. The zero-order valence-electron chi connectivity index (χ0n) is 4.35. The van der Waals surface area contributed by atoms with Crippen LogP contribution in [0, 0.1) is 0 Å². The fourth-order valence-electron chi connectivity index (χ4n) is 0.662. The first-order valence-electron chi connectivity index (χ1n) is 2.42. The van der Waals surface area contributed by atoms with Gasteiger partial charge in [0, 0.05) is 12.8 Å². The Kier molecular flexibility index (Phi) is 1.12. The lowest BCUT2D eigenvalue weighted by molar-refractivity contribution is -0.114. The van der Waals surface area contributed by atoms with Crippen molar-refractivity contribution >= 4 is 13.6 Å². The molecular weight excluding hydrogens is 103 g/mol. The van der Waals surface area contributed by atoms with Crippen molar-refractivity contribution in [3.05, 3.63) is 11.2 Å². The lowest BCUT2D eigenvalue weighted by Crippen LogP contribution is -1.94. The normalized spacial score (nSPS) is 20.2. The number of aliphatic hydroxyl groups is 1. The van der Waals surface area contributed by atoms with Crippen molar-refractivity contribution in [2.45, 2.75) is 12.8 Å². The van der Waals surface area contributed by atoms with Crippen LogP contribution in [-0.4, -0.2) is 18.7 Å². The highest BCUT2D eigenvalue weighted by molar-refractivity contribution is 6.37. The molecule has 3 heteroatoms. The van der Waals surface area contributed by atoms with Crippen molar-refractivity contribution in [1.29, 1.82) is 0 Å². The largest absolute Gasteiger partial charge is 0.513 e. The molecule has 1 aliphatic rings. The molecule has 2 nitrogen and oxygen atoms in total. The van der Waals surface area contributed by atoms with Crippen molar-refractivity contribution in [1.82, 2.24) is 0 Å². The molecule has 2 radical (unpaired) electrons. The van der Waals surface area contributed by atoms with Gasteiger partial charge in [0.2, 0.25) is 0 Å². The van der Waals surface area contributed by atoms with Gasteiger partial charge in [0.25, 0.3) is 0 Å². The minimum atomic E-state index is -0.137. The Morgan fingerprint density at radius 3 is 2.25 bits per heavy atom. The molecule has 0 aliphatic heterocycles. The van der Waals surface area contributed by atoms with Gasteiger partial charge in [-0.15, -0.1) is 0 Å². The first kappa shape index (κ1) is 5.41. The number of carbonyl (C=O) groups excluding carboxylic acids is 1. The van der Waals surface area contributed by atoms with E-state index in [9.17, 15) is 4.79 Å². The molecule has 0 fully saturated rings. The third-order valence-electron chi connectivity index (χ3n) is 1.20. The molecule has 0 saturated heterocycles. The van der Waals surface area contributed by atoms with Crippen LogP contribution in [0.3, 0.4) is 0 Å². The zero-order valence-corrected chi connectivity index (χ0v) is 4.35. The molecule has 0 atom stereocenters. The van der Waals surface area contributed by atoms with E-state index >= 15 is 0 Å². The van der Waals surface area contributed by atoms with Gasteiger partial charge in [0.1, 0.15) is 7.85 Å². The number of aliphatic hydroxyl groups excluding tert-OH is 1. The summed E-state index contributed by atoms with van der Waals surface area (Å²) in [5, 5.41) is 8.70. The van der Waals surface area contributed by atoms with Gasteiger partial charge in [-0.2, -0.15) is 0 Å². The first-order chi connectivity index (χ1) is 3.72. The van der Waals surface area contributed by atoms with Crippen LogP contribution in [0.15, 0.2) is 11.2 Å². The van der Waals surface area contributed by atoms with E-state index in [1.54, 1.807) is 0 Å². The first-order valence-corrected chi connectivity index (χ1v) is 2.42. The van der Waals surface area contributed by atoms with Gasteiger partial charge in [0.05, 0.1) is 5.76 Å². The maximum absolute atomic E-state index is 10.4. The molecule has 0 aromatic carbocycles. The molecule has 40 valence electrons. The van der Waals surface area contributed by atoms with Crippen LogP contribution in [0.1, 0.15) is 12.8 Å². The number of carbonyl (C=O) groups is 1. The summed E-state index contributed by atoms with van der Waals surface area (Å²) in [5.41, 5.74) is 0.0463. The number of ketones is 1. The molecule has 0 heterocycles. The molecule has 0 amide bonds. The quantitative estimate of drug-likeness (QED) is 0.452. The maximum Gasteiger partial charge on any atom is 0.152 e. The van der Waals surface area contributed by atoms with Crippen LogP contribution in [0.2, 0.25) is 0 Å². The van der Waals surface area contributed by atoms with Crippen LogP contribution in [0.25, 0.3) is 0 Å². The number of hydrogen-bond donors (Lipinski definition) is 1. The predicted octanol–water partition coefficient (Wildman–Crippen LogP) is 0.287. The molecule has 0 bridgehead atoms. The van der Waals surface area contributed by atoms with E-state index in [2.05, 4.69) is 0 Å². The van der Waals surface area contributed by atoms with Gasteiger partial charge in [-0.1, -0.05) is 0 Å². The average molecular weight is 108 g/mol. The van der Waals surface area contributed by atoms with Crippen LogP contribution in [0.4, 0.5) is 0 Å². The van der Waals surface area contributed by atoms with Gasteiger partial charge in [-0.25, -0.2) is 0 Å². The summed E-state index contributed by atoms with van der Waals surface area (Å²) in [4.78, 5) is 10.4. The van der Waals surface area contributed by atoms with Crippen LogP contribution in [-0.2, 0) is 4.79 Å². The topological polar surface area (TPSA) is 37.3 Å². The lowest BCUT2D eigenvalue weighted by atomic mass is 9.94. The van der Waals surface area contributed by atoms with E-state index < -0.39 is 0 Å². The summed E-state index contributed by atoms with van der Waals surface area (Å²) in [6.45, 7) is 0. The van der Waals surface area contributed by atoms with E-state index in [0.29, 0.717) is 12.8 Å². The summed E-state index contributed by atoms with van der Waals surface area (Å²) in [6, 6.07) is 0. The molecular formula is C5H5BO2. The highest BCUT2D eigenvalue weighted by Crippen LogP contribution is 2.16. The molecule has 1 aliphatic carbocycles. The third kappa shape index (κ3) is 0.640. The summed E-state index contributed by atoms with van der Waals surface area (Å²) < 4.78 is 0. The Bertz CT molecular complexity index is 160. The fraction of sp³-hybridized carbons (Fsp3) is 0.400. The van der Waals surface area contributed by atoms with E-state index in [1.807, 2.05) is 0 Å². The third-order valence-corrected chi connectivity index (χ3v) is 1.20.